The third-order valence-corrected chi connectivity index (χ3v) is 12.3. The zero-order chi connectivity index (χ0) is 39.6. The number of phenols is 1. The highest BCUT2D eigenvalue weighted by Gasteiger charge is 2.70. The molecule has 0 spiro atoms. The van der Waals surface area contributed by atoms with Gasteiger partial charge in [-0.15, -0.1) is 6.58 Å². The minimum Gasteiger partial charge on any atom is -0.507 e. The van der Waals surface area contributed by atoms with Crippen LogP contribution < -0.4 is 15.1 Å². The molecule has 6 atom stereocenters. The van der Waals surface area contributed by atoms with Crippen LogP contribution in [0.4, 0.5) is 11.4 Å². The predicted molar refractivity (Wildman–Crippen MR) is 209 cm³/mol. The average molecular weight is 793 g/mol. The summed E-state index contributed by atoms with van der Waals surface area (Å²) in [6.07, 6.45) is 3.97. The first-order valence-electron chi connectivity index (χ1n) is 18.0. The molecule has 2 heterocycles. The number of hydrogen-bond acceptors (Lipinski definition) is 8. The van der Waals surface area contributed by atoms with E-state index in [9.17, 15) is 24.6 Å². The number of imide groups is 2. The summed E-state index contributed by atoms with van der Waals surface area (Å²) in [5, 5.41) is 23.2. The summed E-state index contributed by atoms with van der Waals surface area (Å²) in [4.78, 5) is 72.1. The number of aromatic hydroxyl groups is 1. The summed E-state index contributed by atoms with van der Waals surface area (Å²) < 4.78 is 5.46. The Kier molecular flexibility index (Phi) is 9.25. The van der Waals surface area contributed by atoms with E-state index in [1.807, 2.05) is 6.08 Å². The second-order valence-electron chi connectivity index (χ2n) is 14.4. The number of carboxylic acids is 1. The van der Waals surface area contributed by atoms with Gasteiger partial charge in [0.1, 0.15) is 11.5 Å². The molecule has 2 aliphatic heterocycles. The van der Waals surface area contributed by atoms with Crippen molar-refractivity contribution in [1.29, 1.82) is 0 Å². The van der Waals surface area contributed by atoms with E-state index in [1.54, 1.807) is 60.7 Å². The number of allylic oxidation sites excluding steroid dienone is 3. The number of methoxy groups -OCH3 is 1. The summed E-state index contributed by atoms with van der Waals surface area (Å²) >= 11 is 12.7. The lowest BCUT2D eigenvalue weighted by Crippen LogP contribution is -2.53. The van der Waals surface area contributed by atoms with Crippen molar-refractivity contribution in [1.82, 2.24) is 5.01 Å². The number of fused-ring (bicyclic) bond motifs is 4. The van der Waals surface area contributed by atoms with Gasteiger partial charge in [-0.2, -0.15) is 5.01 Å². The van der Waals surface area contributed by atoms with E-state index >= 15 is 9.59 Å². The molecule has 2 saturated heterocycles. The highest BCUT2D eigenvalue weighted by atomic mass is 35.5. The maximum Gasteiger partial charge on any atom is 0.335 e. The summed E-state index contributed by atoms with van der Waals surface area (Å²) in [6.45, 7) is 3.84. The van der Waals surface area contributed by atoms with Crippen LogP contribution in [-0.2, 0) is 31.0 Å². The third kappa shape index (κ3) is 5.51. The monoisotopic (exact) mass is 791 g/mol. The van der Waals surface area contributed by atoms with E-state index in [1.165, 1.54) is 37.4 Å². The number of nitrogens with one attached hydrogen (secondary N) is 1. The van der Waals surface area contributed by atoms with Gasteiger partial charge < -0.3 is 14.9 Å². The molecule has 284 valence electrons. The van der Waals surface area contributed by atoms with Gasteiger partial charge in [0.05, 0.1) is 52.2 Å². The molecule has 0 unspecified atom stereocenters. The maximum absolute atomic E-state index is 15.5. The van der Waals surface area contributed by atoms with E-state index in [0.29, 0.717) is 39.5 Å². The predicted octanol–water partition coefficient (Wildman–Crippen LogP) is 7.32. The van der Waals surface area contributed by atoms with E-state index in [4.69, 9.17) is 27.9 Å². The number of hydrazine groups is 1. The van der Waals surface area contributed by atoms with Crippen LogP contribution in [0.15, 0.2) is 109 Å². The number of para-hydroxylation sites is 1. The Balaban J connectivity index is 1.34. The molecule has 4 aliphatic rings. The lowest BCUT2D eigenvalue weighted by Gasteiger charge is -2.50. The summed E-state index contributed by atoms with van der Waals surface area (Å²) in [7, 11) is 1.52. The molecule has 56 heavy (non-hydrogen) atoms. The first-order valence-corrected chi connectivity index (χ1v) is 18.7. The van der Waals surface area contributed by atoms with Crippen LogP contribution >= 0.6 is 23.2 Å². The molecule has 0 bridgehead atoms. The minimum atomic E-state index is -1.67. The molecule has 1 saturated carbocycles. The van der Waals surface area contributed by atoms with E-state index in [0.717, 1.165) is 9.91 Å². The number of carbonyl (C=O) groups excluding carboxylic acids is 4. The van der Waals surface area contributed by atoms with E-state index in [2.05, 4.69) is 12.0 Å². The Morgan fingerprint density at radius 2 is 1.71 bits per heavy atom. The van der Waals surface area contributed by atoms with Crippen molar-refractivity contribution in [3.8, 4) is 11.5 Å². The van der Waals surface area contributed by atoms with Crippen molar-refractivity contribution in [3.05, 3.63) is 142 Å². The fraction of sp³-hybridized carbons (Fsp3) is 0.233. The largest absolute Gasteiger partial charge is 0.507 e. The molecule has 4 amide bonds. The Bertz CT molecular complexity index is 2400. The molecule has 2 aliphatic carbocycles. The van der Waals surface area contributed by atoms with Crippen molar-refractivity contribution in [3.63, 3.8) is 0 Å². The Morgan fingerprint density at radius 3 is 2.41 bits per heavy atom. The van der Waals surface area contributed by atoms with Gasteiger partial charge in [0.15, 0.2) is 0 Å². The molecular weight excluding hydrogens is 757 g/mol. The van der Waals surface area contributed by atoms with Gasteiger partial charge >= 0.3 is 5.97 Å². The molecule has 4 aromatic carbocycles. The fourth-order valence-corrected chi connectivity index (χ4v) is 9.84. The number of phenolic OH excluding ortho intramolecular Hbond substituents is 1. The van der Waals surface area contributed by atoms with Gasteiger partial charge in [-0.05, 0) is 84.8 Å². The number of hydrogen-bond donors (Lipinski definition) is 3. The topological polar surface area (TPSA) is 154 Å². The molecule has 4 aromatic rings. The highest BCUT2D eigenvalue weighted by Crippen LogP contribution is 2.65. The van der Waals surface area contributed by atoms with Crippen LogP contribution in [0.5, 0.6) is 11.5 Å². The number of benzene rings is 4. The van der Waals surface area contributed by atoms with Crippen LogP contribution in [0.1, 0.15) is 45.8 Å². The number of anilines is 2. The van der Waals surface area contributed by atoms with E-state index < -0.39 is 64.6 Å². The first kappa shape index (κ1) is 37.0. The highest BCUT2D eigenvalue weighted by molar-refractivity contribution is 6.36. The van der Waals surface area contributed by atoms with Crippen molar-refractivity contribution in [2.45, 2.75) is 30.6 Å². The molecule has 3 fully saturated rings. The number of nitrogens with zero attached hydrogens (tertiary/aromatic N) is 2. The van der Waals surface area contributed by atoms with Gasteiger partial charge in [0.2, 0.25) is 11.8 Å². The molecule has 11 nitrogen and oxygen atoms in total. The Hall–Kier alpha value is -5.91. The van der Waals surface area contributed by atoms with Gasteiger partial charge in [-0.3, -0.25) is 29.5 Å². The van der Waals surface area contributed by atoms with Crippen LogP contribution in [-0.4, -0.2) is 51.9 Å². The summed E-state index contributed by atoms with van der Waals surface area (Å²) in [5.74, 6) is -7.57. The number of amides is 4. The molecule has 3 N–H and O–H groups in total. The van der Waals surface area contributed by atoms with Gasteiger partial charge in [0, 0.05) is 16.5 Å². The Labute approximate surface area is 331 Å². The second-order valence-corrected chi connectivity index (χ2v) is 15.3. The van der Waals surface area contributed by atoms with Crippen molar-refractivity contribution in [2.24, 2.45) is 23.7 Å². The molecular formula is C43H35Cl2N3O8. The lowest BCUT2D eigenvalue weighted by molar-refractivity contribution is -0.138. The van der Waals surface area contributed by atoms with Crippen LogP contribution in [0.25, 0.3) is 0 Å². The fourth-order valence-electron chi connectivity index (χ4n) is 9.38. The van der Waals surface area contributed by atoms with Gasteiger partial charge in [0.25, 0.3) is 11.8 Å². The minimum absolute atomic E-state index is 0.00175. The van der Waals surface area contributed by atoms with Crippen LogP contribution in [0.3, 0.4) is 0 Å². The number of aromatic carboxylic acids is 1. The van der Waals surface area contributed by atoms with Crippen LogP contribution in [0, 0.1) is 23.7 Å². The maximum atomic E-state index is 15.5. The number of carboxylic acid groups (broad SMARTS) is 1. The standard InChI is InChI=1S/C43H35Cl2N3O8/c1-3-6-22-7-5-10-30(37(22)49)36-28-16-17-29-35(40(52)47(38(29)50)26-9-4-8-23(19-26)41(53)54)31(28)21-32-39(51)48(46-34-18-13-25(44)20-33(34)45)42(55)43(32,36)24-11-14-27(56-2)15-12-24/h3-5,7-16,18-20,29,31-32,35-36,46,49H,1,6,17,21H2,2H3,(H,53,54)/t29-,31+,32-,35-,36+,43+/m0/s1. The first-order chi connectivity index (χ1) is 26.9. The molecule has 8 rings (SSSR count). The summed E-state index contributed by atoms with van der Waals surface area (Å²) in [6, 6.07) is 22.4. The molecule has 13 heteroatoms. The van der Waals surface area contributed by atoms with Gasteiger partial charge in [-0.1, -0.05) is 77.3 Å². The molecule has 0 radical (unpaired) electrons. The van der Waals surface area contributed by atoms with Crippen molar-refractivity contribution < 1.29 is 38.9 Å². The third-order valence-electron chi connectivity index (χ3n) is 11.8. The number of rotatable bonds is 9. The van der Waals surface area contributed by atoms with E-state index in [-0.39, 0.29) is 40.6 Å². The normalized spacial score (nSPS) is 25.3. The SMILES string of the molecule is C=CCc1cccc([C@H]2C3=CC[C@@H]4C(=O)N(c5cccc(C(=O)O)c5)C(=O)[C@@H]4[C@@H]3C[C@H]3C(=O)N(Nc4ccc(Cl)cc4Cl)C(=O)[C@@]23c2ccc(OC)cc2)c1O. The number of ether oxygens (including phenoxy) is 1. The quantitative estimate of drug-likeness (QED) is 0.117. The summed E-state index contributed by atoms with van der Waals surface area (Å²) in [5.41, 5.74) is 3.62. The zero-order valence-electron chi connectivity index (χ0n) is 29.9. The van der Waals surface area contributed by atoms with Crippen molar-refractivity contribution in [2.75, 3.05) is 17.4 Å². The number of halogens is 2. The van der Waals surface area contributed by atoms with Gasteiger partial charge in [-0.25, -0.2) is 4.79 Å². The molecule has 0 aromatic heterocycles. The van der Waals surface area contributed by atoms with Crippen LogP contribution in [0.2, 0.25) is 10.0 Å². The Morgan fingerprint density at radius 1 is 0.964 bits per heavy atom. The second kappa shape index (κ2) is 14.0. The smallest absolute Gasteiger partial charge is 0.335 e. The zero-order valence-corrected chi connectivity index (χ0v) is 31.5. The average Bonchev–Trinajstić information content (AvgIpc) is 3.57. The number of carbonyl (C=O) groups is 5. The lowest BCUT2D eigenvalue weighted by atomic mass is 9.49. The van der Waals surface area contributed by atoms with Crippen molar-refractivity contribution >= 4 is 64.2 Å².